The largest absolute Gasteiger partial charge is 0.468 e. The summed E-state index contributed by atoms with van der Waals surface area (Å²) in [6.45, 7) is 8.04. The minimum Gasteiger partial charge on any atom is -0.468 e. The van der Waals surface area contributed by atoms with Gasteiger partial charge in [-0.1, -0.05) is 6.92 Å². The van der Waals surface area contributed by atoms with Crippen molar-refractivity contribution in [3.8, 4) is 0 Å². The fourth-order valence-corrected chi connectivity index (χ4v) is 3.04. The van der Waals surface area contributed by atoms with Gasteiger partial charge in [-0.25, -0.2) is 0 Å². The molecule has 1 aromatic rings. The van der Waals surface area contributed by atoms with Crippen LogP contribution in [0.4, 0.5) is 0 Å². The first-order valence-electron chi connectivity index (χ1n) is 6.61. The van der Waals surface area contributed by atoms with E-state index in [1.807, 2.05) is 6.07 Å². The Hall–Kier alpha value is -0.800. The SMILES string of the molecule is CNC1CCN(C(C)c2ccco2)C(C)C1C. The maximum absolute atomic E-state index is 5.53. The van der Waals surface area contributed by atoms with Crippen LogP contribution in [0.3, 0.4) is 0 Å². The highest BCUT2D eigenvalue weighted by Gasteiger charge is 2.34. The molecule has 2 rings (SSSR count). The maximum atomic E-state index is 5.53. The van der Waals surface area contributed by atoms with Crippen LogP contribution in [0.1, 0.15) is 39.0 Å². The van der Waals surface area contributed by atoms with Crippen LogP contribution in [-0.2, 0) is 0 Å². The van der Waals surface area contributed by atoms with Crippen molar-refractivity contribution in [3.63, 3.8) is 0 Å². The zero-order valence-corrected chi connectivity index (χ0v) is 11.3. The van der Waals surface area contributed by atoms with E-state index in [2.05, 4.69) is 44.1 Å². The van der Waals surface area contributed by atoms with Crippen molar-refractivity contribution in [3.05, 3.63) is 24.2 Å². The van der Waals surface area contributed by atoms with Gasteiger partial charge in [0.1, 0.15) is 5.76 Å². The molecule has 0 bridgehead atoms. The number of nitrogens with one attached hydrogen (secondary N) is 1. The van der Waals surface area contributed by atoms with Crippen molar-refractivity contribution in [1.29, 1.82) is 0 Å². The quantitative estimate of drug-likeness (QED) is 0.874. The molecule has 1 aliphatic heterocycles. The Balaban J connectivity index is 2.07. The van der Waals surface area contributed by atoms with E-state index in [9.17, 15) is 0 Å². The lowest BCUT2D eigenvalue weighted by atomic mass is 9.86. The van der Waals surface area contributed by atoms with Gasteiger partial charge in [0.05, 0.1) is 12.3 Å². The molecule has 4 unspecified atom stereocenters. The second-order valence-corrected chi connectivity index (χ2v) is 5.21. The molecule has 1 aromatic heterocycles. The first-order valence-corrected chi connectivity index (χ1v) is 6.61. The van der Waals surface area contributed by atoms with Crippen LogP contribution in [0.15, 0.2) is 22.8 Å². The summed E-state index contributed by atoms with van der Waals surface area (Å²) in [7, 11) is 2.07. The van der Waals surface area contributed by atoms with Crippen LogP contribution in [0.25, 0.3) is 0 Å². The molecule has 1 fully saturated rings. The van der Waals surface area contributed by atoms with Crippen molar-refractivity contribution < 1.29 is 4.42 Å². The molecule has 3 heteroatoms. The fourth-order valence-electron chi connectivity index (χ4n) is 3.04. The highest BCUT2D eigenvalue weighted by atomic mass is 16.3. The van der Waals surface area contributed by atoms with Gasteiger partial charge >= 0.3 is 0 Å². The standard InChI is InChI=1S/C14H24N2O/c1-10-11(2)16(8-7-13(10)15-4)12(3)14-6-5-9-17-14/h5-6,9-13,15H,7-8H2,1-4H3. The number of likely N-dealkylation sites (tertiary alicyclic amines) is 1. The lowest BCUT2D eigenvalue weighted by Crippen LogP contribution is -2.53. The second kappa shape index (κ2) is 5.23. The van der Waals surface area contributed by atoms with E-state index >= 15 is 0 Å². The van der Waals surface area contributed by atoms with Crippen LogP contribution in [0, 0.1) is 5.92 Å². The van der Waals surface area contributed by atoms with Crippen LogP contribution in [0.2, 0.25) is 0 Å². The van der Waals surface area contributed by atoms with Gasteiger partial charge in [0.2, 0.25) is 0 Å². The summed E-state index contributed by atoms with van der Waals surface area (Å²) in [5.74, 6) is 1.75. The summed E-state index contributed by atoms with van der Waals surface area (Å²) in [4.78, 5) is 2.55. The van der Waals surface area contributed by atoms with Crippen molar-refractivity contribution in [1.82, 2.24) is 10.2 Å². The molecule has 0 aliphatic carbocycles. The highest BCUT2D eigenvalue weighted by molar-refractivity contribution is 5.05. The molecule has 96 valence electrons. The van der Waals surface area contributed by atoms with Crippen molar-refractivity contribution >= 4 is 0 Å². The molecule has 0 aromatic carbocycles. The molecular weight excluding hydrogens is 212 g/mol. The van der Waals surface area contributed by atoms with Gasteiger partial charge in [-0.05, 0) is 45.4 Å². The zero-order valence-electron chi connectivity index (χ0n) is 11.3. The monoisotopic (exact) mass is 236 g/mol. The van der Waals surface area contributed by atoms with Gasteiger partial charge in [-0.2, -0.15) is 0 Å². The van der Waals surface area contributed by atoms with E-state index in [0.717, 1.165) is 12.3 Å². The minimum absolute atomic E-state index is 0.375. The second-order valence-electron chi connectivity index (χ2n) is 5.21. The van der Waals surface area contributed by atoms with E-state index in [0.29, 0.717) is 24.0 Å². The number of rotatable bonds is 3. The Morgan fingerprint density at radius 2 is 2.24 bits per heavy atom. The average molecular weight is 236 g/mol. The molecule has 17 heavy (non-hydrogen) atoms. The third kappa shape index (κ3) is 2.40. The summed E-state index contributed by atoms with van der Waals surface area (Å²) < 4.78 is 5.53. The van der Waals surface area contributed by atoms with E-state index in [4.69, 9.17) is 4.42 Å². The molecular formula is C14H24N2O. The first-order chi connectivity index (χ1) is 8.15. The third-order valence-electron chi connectivity index (χ3n) is 4.44. The summed E-state index contributed by atoms with van der Waals surface area (Å²) in [5.41, 5.74) is 0. The van der Waals surface area contributed by atoms with E-state index in [1.54, 1.807) is 6.26 Å². The number of piperidine rings is 1. The predicted molar refractivity (Wildman–Crippen MR) is 69.9 cm³/mol. The molecule has 2 heterocycles. The summed E-state index contributed by atoms with van der Waals surface area (Å²) in [6, 6.07) is 5.65. The lowest BCUT2D eigenvalue weighted by molar-refractivity contribution is 0.0466. The van der Waals surface area contributed by atoms with Crippen LogP contribution in [0.5, 0.6) is 0 Å². The Morgan fingerprint density at radius 1 is 1.47 bits per heavy atom. The molecule has 3 nitrogen and oxygen atoms in total. The van der Waals surface area contributed by atoms with Crippen molar-refractivity contribution in [2.45, 2.75) is 45.3 Å². The molecule has 1 aliphatic rings. The Kier molecular flexibility index (Phi) is 3.89. The summed E-state index contributed by atoms with van der Waals surface area (Å²) >= 11 is 0. The van der Waals surface area contributed by atoms with Crippen molar-refractivity contribution in [2.24, 2.45) is 5.92 Å². The number of hydrogen-bond acceptors (Lipinski definition) is 3. The van der Waals surface area contributed by atoms with Crippen LogP contribution in [-0.4, -0.2) is 30.6 Å². The summed E-state index contributed by atoms with van der Waals surface area (Å²) in [5, 5.41) is 3.43. The Morgan fingerprint density at radius 3 is 2.82 bits per heavy atom. The van der Waals surface area contributed by atoms with Crippen LogP contribution >= 0.6 is 0 Å². The van der Waals surface area contributed by atoms with Gasteiger partial charge in [0, 0.05) is 18.6 Å². The van der Waals surface area contributed by atoms with Gasteiger partial charge in [-0.3, -0.25) is 4.90 Å². The van der Waals surface area contributed by atoms with Gasteiger partial charge in [-0.15, -0.1) is 0 Å². The molecule has 0 saturated carbocycles. The summed E-state index contributed by atoms with van der Waals surface area (Å²) in [6.07, 6.45) is 2.98. The zero-order chi connectivity index (χ0) is 12.4. The Labute approximate surface area is 104 Å². The van der Waals surface area contributed by atoms with Gasteiger partial charge in [0.15, 0.2) is 0 Å². The van der Waals surface area contributed by atoms with Gasteiger partial charge in [0.25, 0.3) is 0 Å². The van der Waals surface area contributed by atoms with E-state index in [-0.39, 0.29) is 0 Å². The normalized spacial score (nSPS) is 32.6. The third-order valence-corrected chi connectivity index (χ3v) is 4.44. The minimum atomic E-state index is 0.375. The van der Waals surface area contributed by atoms with E-state index in [1.165, 1.54) is 6.42 Å². The molecule has 1 saturated heterocycles. The topological polar surface area (TPSA) is 28.4 Å². The molecule has 0 radical (unpaired) electrons. The smallest absolute Gasteiger partial charge is 0.120 e. The molecule has 1 N–H and O–H groups in total. The number of furan rings is 1. The molecule has 0 amide bonds. The lowest BCUT2D eigenvalue weighted by Gasteiger charge is -2.45. The van der Waals surface area contributed by atoms with E-state index < -0.39 is 0 Å². The Bertz CT molecular complexity index is 336. The van der Waals surface area contributed by atoms with Crippen molar-refractivity contribution in [2.75, 3.05) is 13.6 Å². The fraction of sp³-hybridized carbons (Fsp3) is 0.714. The number of nitrogens with zero attached hydrogens (tertiary/aromatic N) is 1. The maximum Gasteiger partial charge on any atom is 0.120 e. The molecule has 0 spiro atoms. The van der Waals surface area contributed by atoms with Gasteiger partial charge < -0.3 is 9.73 Å². The van der Waals surface area contributed by atoms with Crippen LogP contribution < -0.4 is 5.32 Å². The average Bonchev–Trinajstić information content (AvgIpc) is 2.85. The molecule has 4 atom stereocenters. The highest BCUT2D eigenvalue weighted by Crippen LogP contribution is 2.31. The first kappa shape index (κ1) is 12.7. The number of hydrogen-bond donors (Lipinski definition) is 1. The predicted octanol–water partition coefficient (Wildman–Crippen LogP) is 2.66.